The van der Waals surface area contributed by atoms with E-state index < -0.39 is 0 Å². The summed E-state index contributed by atoms with van der Waals surface area (Å²) in [6, 6.07) is 8.06. The number of hydrogen-bond donors (Lipinski definition) is 4. The molecule has 8 heteroatoms. The third-order valence-electron chi connectivity index (χ3n) is 6.35. The molecular formula is C25H28ClN5O2. The van der Waals surface area contributed by atoms with Gasteiger partial charge < -0.3 is 25.7 Å². The Morgan fingerprint density at radius 1 is 1.27 bits per heavy atom. The molecule has 0 bridgehead atoms. The van der Waals surface area contributed by atoms with Crippen LogP contribution in [-0.4, -0.2) is 41.6 Å². The minimum absolute atomic E-state index is 0.0898. The van der Waals surface area contributed by atoms with Crippen molar-refractivity contribution in [3.8, 4) is 17.0 Å². The molecule has 33 heavy (non-hydrogen) atoms. The molecule has 1 aromatic carbocycles. The highest BCUT2D eigenvalue weighted by atomic mass is 35.5. The number of amides is 1. The summed E-state index contributed by atoms with van der Waals surface area (Å²) in [7, 11) is 0. The molecule has 4 heterocycles. The number of hydrogen-bond acceptors (Lipinski definition) is 5. The van der Waals surface area contributed by atoms with Crippen molar-refractivity contribution in [2.24, 2.45) is 0 Å². The summed E-state index contributed by atoms with van der Waals surface area (Å²) >= 11 is 6.47. The third kappa shape index (κ3) is 4.30. The predicted molar refractivity (Wildman–Crippen MR) is 131 cm³/mol. The van der Waals surface area contributed by atoms with E-state index in [9.17, 15) is 4.79 Å². The topological polar surface area (TPSA) is 91.1 Å². The lowest BCUT2D eigenvalue weighted by Gasteiger charge is -2.18. The average molecular weight is 466 g/mol. The quantitative estimate of drug-likeness (QED) is 0.413. The highest BCUT2D eigenvalue weighted by molar-refractivity contribution is 6.31. The largest absolute Gasteiger partial charge is 0.490 e. The molecule has 1 amide bonds. The normalized spacial score (nSPS) is 17.5. The van der Waals surface area contributed by atoms with Crippen LogP contribution in [-0.2, 0) is 12.8 Å². The molecule has 0 spiro atoms. The van der Waals surface area contributed by atoms with Gasteiger partial charge >= 0.3 is 0 Å². The van der Waals surface area contributed by atoms with Crippen molar-refractivity contribution in [3.63, 3.8) is 0 Å². The molecular weight excluding hydrogens is 438 g/mol. The van der Waals surface area contributed by atoms with Crippen LogP contribution >= 0.6 is 11.6 Å². The number of aromatic amines is 1. The van der Waals surface area contributed by atoms with E-state index in [2.05, 4.69) is 32.8 Å². The number of aromatic nitrogens is 2. The van der Waals surface area contributed by atoms with Gasteiger partial charge in [-0.2, -0.15) is 0 Å². The number of carbonyl (C=O) groups is 1. The van der Waals surface area contributed by atoms with E-state index in [4.69, 9.17) is 16.3 Å². The van der Waals surface area contributed by atoms with Crippen LogP contribution in [0, 0.1) is 0 Å². The smallest absolute Gasteiger partial charge is 0.255 e. The number of nitrogens with zero attached hydrogens (tertiary/aromatic N) is 1. The Hall–Kier alpha value is -3.03. The summed E-state index contributed by atoms with van der Waals surface area (Å²) in [6.07, 6.45) is 7.27. The van der Waals surface area contributed by atoms with Crippen LogP contribution < -0.4 is 20.7 Å². The fourth-order valence-corrected chi connectivity index (χ4v) is 4.98. The first-order valence-electron chi connectivity index (χ1n) is 11.5. The molecule has 0 saturated carbocycles. The van der Waals surface area contributed by atoms with E-state index in [-0.39, 0.29) is 5.91 Å². The third-order valence-corrected chi connectivity index (χ3v) is 6.71. The number of pyridine rings is 1. The van der Waals surface area contributed by atoms with Gasteiger partial charge in [-0.3, -0.25) is 9.78 Å². The van der Waals surface area contributed by atoms with Gasteiger partial charge in [0.1, 0.15) is 12.4 Å². The second kappa shape index (κ2) is 9.45. The number of H-pyrrole nitrogens is 1. The molecule has 5 rings (SSSR count). The SMILES string of the molecule is CCc1c(Cl)cccc1Nc1c(-c2ccncc2OC[C@@H]2CCCN2)[nH]c2c1C(=O)NCC2. The molecule has 7 nitrogen and oxygen atoms in total. The lowest BCUT2D eigenvalue weighted by Crippen LogP contribution is -2.31. The highest BCUT2D eigenvalue weighted by Crippen LogP contribution is 2.41. The summed E-state index contributed by atoms with van der Waals surface area (Å²) in [5.74, 6) is 0.600. The van der Waals surface area contributed by atoms with Crippen LogP contribution in [0.15, 0.2) is 36.7 Å². The molecule has 2 aromatic heterocycles. The van der Waals surface area contributed by atoms with Crippen LogP contribution in [0.25, 0.3) is 11.3 Å². The molecule has 1 atom stereocenters. The Morgan fingerprint density at radius 2 is 2.18 bits per heavy atom. The first-order chi connectivity index (χ1) is 16.2. The van der Waals surface area contributed by atoms with Crippen LogP contribution in [0.1, 0.15) is 41.4 Å². The van der Waals surface area contributed by atoms with E-state index in [1.54, 1.807) is 12.4 Å². The summed E-state index contributed by atoms with van der Waals surface area (Å²) < 4.78 is 6.21. The molecule has 0 radical (unpaired) electrons. The number of fused-ring (bicyclic) bond motifs is 1. The van der Waals surface area contributed by atoms with Gasteiger partial charge in [0.25, 0.3) is 5.91 Å². The van der Waals surface area contributed by atoms with Gasteiger partial charge in [0.15, 0.2) is 0 Å². The fourth-order valence-electron chi connectivity index (χ4n) is 4.67. The van der Waals surface area contributed by atoms with Gasteiger partial charge in [0, 0.05) is 47.2 Å². The Balaban J connectivity index is 1.58. The maximum atomic E-state index is 12.9. The molecule has 1 fully saturated rings. The highest BCUT2D eigenvalue weighted by Gasteiger charge is 2.28. The maximum Gasteiger partial charge on any atom is 0.255 e. The molecule has 4 N–H and O–H groups in total. The van der Waals surface area contributed by atoms with Gasteiger partial charge in [0.05, 0.1) is 23.1 Å². The summed E-state index contributed by atoms with van der Waals surface area (Å²) in [6.45, 7) is 4.28. The Morgan fingerprint density at radius 3 is 3.00 bits per heavy atom. The number of nitrogens with one attached hydrogen (secondary N) is 4. The number of anilines is 2. The van der Waals surface area contributed by atoms with Gasteiger partial charge in [-0.15, -0.1) is 0 Å². The monoisotopic (exact) mass is 465 g/mol. The Bertz CT molecular complexity index is 1170. The number of rotatable bonds is 7. The lowest BCUT2D eigenvalue weighted by atomic mass is 10.0. The van der Waals surface area contributed by atoms with E-state index >= 15 is 0 Å². The second-order valence-corrected chi connectivity index (χ2v) is 8.86. The van der Waals surface area contributed by atoms with E-state index in [0.29, 0.717) is 35.5 Å². The summed E-state index contributed by atoms with van der Waals surface area (Å²) in [4.78, 5) is 20.7. The zero-order chi connectivity index (χ0) is 22.8. The van der Waals surface area contributed by atoms with Gasteiger partial charge in [-0.25, -0.2) is 0 Å². The molecule has 2 aliphatic heterocycles. The van der Waals surface area contributed by atoms with E-state index in [0.717, 1.165) is 59.7 Å². The predicted octanol–water partition coefficient (Wildman–Crippen LogP) is 4.45. The van der Waals surface area contributed by atoms with Crippen molar-refractivity contribution in [1.82, 2.24) is 20.6 Å². The first-order valence-corrected chi connectivity index (χ1v) is 11.9. The van der Waals surface area contributed by atoms with E-state index in [1.165, 1.54) is 6.42 Å². The average Bonchev–Trinajstić information content (AvgIpc) is 3.47. The summed E-state index contributed by atoms with van der Waals surface area (Å²) in [5.41, 5.74) is 5.86. The molecule has 3 aromatic rings. The van der Waals surface area contributed by atoms with Crippen LogP contribution in [0.2, 0.25) is 5.02 Å². The van der Waals surface area contributed by atoms with Crippen LogP contribution in [0.4, 0.5) is 11.4 Å². The van der Waals surface area contributed by atoms with Crippen molar-refractivity contribution in [1.29, 1.82) is 0 Å². The zero-order valence-electron chi connectivity index (χ0n) is 18.6. The molecule has 172 valence electrons. The molecule has 1 saturated heterocycles. The Labute approximate surface area is 198 Å². The van der Waals surface area contributed by atoms with Crippen molar-refractivity contribution < 1.29 is 9.53 Å². The van der Waals surface area contributed by atoms with Crippen LogP contribution in [0.3, 0.4) is 0 Å². The number of benzene rings is 1. The van der Waals surface area contributed by atoms with Gasteiger partial charge in [-0.1, -0.05) is 24.6 Å². The van der Waals surface area contributed by atoms with Crippen LogP contribution in [0.5, 0.6) is 5.75 Å². The van der Waals surface area contributed by atoms with E-state index in [1.807, 2.05) is 24.3 Å². The zero-order valence-corrected chi connectivity index (χ0v) is 19.4. The number of carbonyl (C=O) groups excluding carboxylic acids is 1. The number of halogens is 1. The summed E-state index contributed by atoms with van der Waals surface area (Å²) in [5, 5.41) is 10.7. The fraction of sp³-hybridized carbons (Fsp3) is 0.360. The second-order valence-electron chi connectivity index (χ2n) is 8.46. The minimum Gasteiger partial charge on any atom is -0.490 e. The maximum absolute atomic E-state index is 12.9. The minimum atomic E-state index is -0.0898. The van der Waals surface area contributed by atoms with Crippen molar-refractivity contribution in [2.45, 2.75) is 38.6 Å². The van der Waals surface area contributed by atoms with Crippen molar-refractivity contribution >= 4 is 28.9 Å². The molecule has 0 unspecified atom stereocenters. The standard InChI is InChI=1S/C25H28ClN5O2/c1-2-16-18(26)6-3-7-19(16)30-24-22-20(9-12-29-25(22)32)31-23(24)17-8-11-27-13-21(17)33-14-15-5-4-10-28-15/h3,6-8,11,13,15,28,30-31H,2,4-5,9-10,12,14H2,1H3,(H,29,32)/t15-/m0/s1. The van der Waals surface area contributed by atoms with Crippen molar-refractivity contribution in [2.75, 3.05) is 25.0 Å². The number of ether oxygens (including phenoxy) is 1. The molecule has 0 aliphatic carbocycles. The first kappa shape index (κ1) is 21.8. The lowest BCUT2D eigenvalue weighted by molar-refractivity contribution is 0.0947. The molecule has 2 aliphatic rings. The van der Waals surface area contributed by atoms with Crippen molar-refractivity contribution in [3.05, 3.63) is 58.5 Å². The van der Waals surface area contributed by atoms with Gasteiger partial charge in [-0.05, 0) is 49.6 Å². The Kier molecular flexibility index (Phi) is 6.24. The van der Waals surface area contributed by atoms with Gasteiger partial charge in [0.2, 0.25) is 0 Å².